The summed E-state index contributed by atoms with van der Waals surface area (Å²) in [5, 5.41) is 10.1. The zero-order chi connectivity index (χ0) is 16.7. The second-order valence-electron chi connectivity index (χ2n) is 5.54. The van der Waals surface area contributed by atoms with Gasteiger partial charge in [0.25, 0.3) is 5.56 Å². The summed E-state index contributed by atoms with van der Waals surface area (Å²) >= 11 is 1.61. The van der Waals surface area contributed by atoms with Crippen LogP contribution >= 0.6 is 11.8 Å². The number of benzene rings is 2. The molecule has 0 radical (unpaired) electrons. The third kappa shape index (κ3) is 2.22. The molecule has 0 aliphatic carbocycles. The molecule has 0 aliphatic rings. The lowest BCUT2D eigenvalue weighted by Gasteiger charge is -2.11. The summed E-state index contributed by atoms with van der Waals surface area (Å²) in [6, 6.07) is 15.5. The van der Waals surface area contributed by atoms with E-state index in [1.807, 2.05) is 59.9 Å². The summed E-state index contributed by atoms with van der Waals surface area (Å²) in [6.07, 6.45) is 0. The molecule has 0 spiro atoms. The normalized spacial score (nSPS) is 11.4. The highest BCUT2D eigenvalue weighted by Gasteiger charge is 2.17. The van der Waals surface area contributed by atoms with E-state index in [2.05, 4.69) is 17.1 Å². The Labute approximate surface area is 143 Å². The smallest absolute Gasteiger partial charge is 0.267 e. The molecule has 0 N–H and O–H groups in total. The third-order valence-corrected chi connectivity index (χ3v) is 4.77. The first kappa shape index (κ1) is 15.0. The number of fused-ring (bicyclic) bond motifs is 3. The molecule has 0 saturated heterocycles. The number of hydrogen-bond donors (Lipinski definition) is 0. The van der Waals surface area contributed by atoms with Crippen LogP contribution in [0.25, 0.3) is 22.4 Å². The number of hydrogen-bond acceptors (Lipinski definition) is 4. The molecule has 0 unspecified atom stereocenters. The van der Waals surface area contributed by atoms with Gasteiger partial charge in [-0.2, -0.15) is 0 Å². The van der Waals surface area contributed by atoms with Crippen molar-refractivity contribution in [2.75, 3.05) is 5.75 Å². The van der Waals surface area contributed by atoms with Gasteiger partial charge < -0.3 is 0 Å². The molecule has 0 amide bonds. The van der Waals surface area contributed by atoms with E-state index in [0.29, 0.717) is 11.2 Å². The lowest BCUT2D eigenvalue weighted by Crippen LogP contribution is -2.21. The van der Waals surface area contributed by atoms with Crippen LogP contribution in [0, 0.1) is 6.92 Å². The zero-order valence-electron chi connectivity index (χ0n) is 13.4. The summed E-state index contributed by atoms with van der Waals surface area (Å²) < 4.78 is 3.60. The minimum Gasteiger partial charge on any atom is -0.268 e. The van der Waals surface area contributed by atoms with Crippen molar-refractivity contribution >= 4 is 28.4 Å². The molecule has 0 saturated carbocycles. The molecule has 0 aliphatic heterocycles. The lowest BCUT2D eigenvalue weighted by atomic mass is 10.2. The molecule has 2 heterocycles. The Balaban J connectivity index is 2.17. The maximum atomic E-state index is 13.1. The van der Waals surface area contributed by atoms with E-state index in [-0.39, 0.29) is 5.56 Å². The van der Waals surface area contributed by atoms with Gasteiger partial charge in [-0.05, 0) is 36.9 Å². The van der Waals surface area contributed by atoms with Crippen molar-refractivity contribution < 1.29 is 0 Å². The Morgan fingerprint density at radius 3 is 2.54 bits per heavy atom. The van der Waals surface area contributed by atoms with Gasteiger partial charge in [0, 0.05) is 0 Å². The van der Waals surface area contributed by atoms with E-state index >= 15 is 0 Å². The monoisotopic (exact) mass is 336 g/mol. The summed E-state index contributed by atoms with van der Waals surface area (Å²) in [6.45, 7) is 4.10. The molecule has 0 bridgehead atoms. The topological polar surface area (TPSA) is 52.2 Å². The van der Waals surface area contributed by atoms with E-state index in [1.54, 1.807) is 16.3 Å². The highest BCUT2D eigenvalue weighted by atomic mass is 32.2. The first-order valence-electron chi connectivity index (χ1n) is 7.79. The van der Waals surface area contributed by atoms with Gasteiger partial charge >= 0.3 is 0 Å². The summed E-state index contributed by atoms with van der Waals surface area (Å²) in [5.74, 6) is 1.43. The first-order chi connectivity index (χ1) is 11.7. The van der Waals surface area contributed by atoms with Gasteiger partial charge in [-0.1, -0.05) is 48.5 Å². The van der Waals surface area contributed by atoms with Crippen LogP contribution in [0.15, 0.2) is 58.5 Å². The van der Waals surface area contributed by atoms with Crippen molar-refractivity contribution in [2.45, 2.75) is 19.0 Å². The van der Waals surface area contributed by atoms with Crippen molar-refractivity contribution in [3.63, 3.8) is 0 Å². The average molecular weight is 336 g/mol. The number of thioether (sulfide) groups is 1. The predicted octanol–water partition coefficient (Wildman–Crippen LogP) is 3.45. The molecule has 0 atom stereocenters. The summed E-state index contributed by atoms with van der Waals surface area (Å²) in [5.41, 5.74) is 2.69. The zero-order valence-corrected chi connectivity index (χ0v) is 14.2. The molecular formula is C18H16N4OS. The Bertz CT molecular complexity index is 1100. The molecule has 4 aromatic rings. The molecule has 2 aromatic heterocycles. The van der Waals surface area contributed by atoms with Crippen molar-refractivity contribution in [3.05, 3.63) is 64.4 Å². The third-order valence-electron chi connectivity index (χ3n) is 3.96. The van der Waals surface area contributed by atoms with Crippen LogP contribution < -0.4 is 5.56 Å². The van der Waals surface area contributed by atoms with Crippen LogP contribution in [0.4, 0.5) is 0 Å². The van der Waals surface area contributed by atoms with Crippen molar-refractivity contribution in [1.82, 2.24) is 19.2 Å². The standard InChI is InChI=1S/C18H16N4OS/c1-3-24-18-20-19-17-21(13-10-8-12(2)9-11-13)16(23)14-6-4-5-7-15(14)22(17)18/h4-11H,3H2,1-2H3. The fourth-order valence-corrected chi connectivity index (χ4v) is 3.49. The fourth-order valence-electron chi connectivity index (χ4n) is 2.83. The van der Waals surface area contributed by atoms with E-state index in [9.17, 15) is 4.79 Å². The SMILES string of the molecule is CCSc1nnc2n(-c3ccc(C)cc3)c(=O)c3ccccc3n12. The van der Waals surface area contributed by atoms with Gasteiger partial charge in [0.05, 0.1) is 16.6 Å². The van der Waals surface area contributed by atoms with E-state index in [4.69, 9.17) is 0 Å². The van der Waals surface area contributed by atoms with E-state index in [1.165, 1.54) is 0 Å². The molecule has 24 heavy (non-hydrogen) atoms. The van der Waals surface area contributed by atoms with Crippen LogP contribution in [0.2, 0.25) is 0 Å². The molecule has 120 valence electrons. The molecule has 0 fully saturated rings. The van der Waals surface area contributed by atoms with E-state index < -0.39 is 0 Å². The number of para-hydroxylation sites is 1. The van der Waals surface area contributed by atoms with Gasteiger partial charge in [-0.15, -0.1) is 10.2 Å². The van der Waals surface area contributed by atoms with E-state index in [0.717, 1.165) is 27.7 Å². The molecule has 2 aromatic carbocycles. The second-order valence-corrected chi connectivity index (χ2v) is 6.78. The highest BCUT2D eigenvalue weighted by Crippen LogP contribution is 2.22. The number of rotatable bonds is 3. The van der Waals surface area contributed by atoms with Crippen molar-refractivity contribution in [1.29, 1.82) is 0 Å². The molecular weight excluding hydrogens is 320 g/mol. The van der Waals surface area contributed by atoms with Gasteiger partial charge in [-0.25, -0.2) is 4.57 Å². The molecule has 5 nitrogen and oxygen atoms in total. The number of aromatic nitrogens is 4. The van der Waals surface area contributed by atoms with Gasteiger partial charge in [0.2, 0.25) is 5.78 Å². The fraction of sp³-hybridized carbons (Fsp3) is 0.167. The Morgan fingerprint density at radius 1 is 1.04 bits per heavy atom. The van der Waals surface area contributed by atoms with Crippen LogP contribution in [0.5, 0.6) is 0 Å². The Hall–Kier alpha value is -2.60. The van der Waals surface area contributed by atoms with Crippen LogP contribution in [-0.2, 0) is 0 Å². The number of nitrogens with zero attached hydrogens (tertiary/aromatic N) is 4. The van der Waals surface area contributed by atoms with Gasteiger partial charge in [0.15, 0.2) is 5.16 Å². The van der Waals surface area contributed by atoms with Crippen molar-refractivity contribution in [3.8, 4) is 5.69 Å². The molecule has 4 rings (SSSR count). The van der Waals surface area contributed by atoms with Gasteiger partial charge in [0.1, 0.15) is 0 Å². The number of aryl methyl sites for hydroxylation is 1. The quantitative estimate of drug-likeness (QED) is 0.538. The summed E-state index contributed by atoms with van der Waals surface area (Å²) in [7, 11) is 0. The Morgan fingerprint density at radius 2 is 1.79 bits per heavy atom. The minimum atomic E-state index is -0.0811. The maximum absolute atomic E-state index is 13.1. The minimum absolute atomic E-state index is 0.0811. The van der Waals surface area contributed by atoms with Crippen LogP contribution in [0.3, 0.4) is 0 Å². The molecule has 6 heteroatoms. The summed E-state index contributed by atoms with van der Waals surface area (Å²) in [4.78, 5) is 13.1. The maximum Gasteiger partial charge on any atom is 0.267 e. The van der Waals surface area contributed by atoms with Gasteiger partial charge in [-0.3, -0.25) is 9.20 Å². The van der Waals surface area contributed by atoms with Crippen LogP contribution in [0.1, 0.15) is 12.5 Å². The van der Waals surface area contributed by atoms with Crippen LogP contribution in [-0.4, -0.2) is 24.9 Å². The van der Waals surface area contributed by atoms with Crippen molar-refractivity contribution in [2.24, 2.45) is 0 Å². The first-order valence-corrected chi connectivity index (χ1v) is 8.78. The largest absolute Gasteiger partial charge is 0.268 e. The lowest BCUT2D eigenvalue weighted by molar-refractivity contribution is 0.931. The Kier molecular flexibility index (Phi) is 3.61. The average Bonchev–Trinajstić information content (AvgIpc) is 3.01. The second kappa shape index (κ2) is 5.79. The predicted molar refractivity (Wildman–Crippen MR) is 97.2 cm³/mol. The highest BCUT2D eigenvalue weighted by molar-refractivity contribution is 7.99.